The summed E-state index contributed by atoms with van der Waals surface area (Å²) in [6.45, 7) is 0. The fourth-order valence-electron chi connectivity index (χ4n) is 1.64. The topological polar surface area (TPSA) is 72.2 Å². The summed E-state index contributed by atoms with van der Waals surface area (Å²) in [6.07, 6.45) is 1.89. The SMILES string of the molecule is CSc1cccc(NS(=O)(=O)c2cc(N)cc(F)c2)c1. The van der Waals surface area contributed by atoms with Gasteiger partial charge in [-0.05, 0) is 42.7 Å². The number of nitrogens with one attached hydrogen (secondary N) is 1. The second-order valence-electron chi connectivity index (χ2n) is 4.06. The molecular weight excluding hydrogens is 299 g/mol. The van der Waals surface area contributed by atoms with Gasteiger partial charge in [-0.3, -0.25) is 4.72 Å². The highest BCUT2D eigenvalue weighted by Gasteiger charge is 2.16. The molecule has 3 N–H and O–H groups in total. The number of nitrogen functional groups attached to an aromatic ring is 1. The summed E-state index contributed by atoms with van der Waals surface area (Å²) in [4.78, 5) is 0.716. The van der Waals surface area contributed by atoms with Crippen molar-refractivity contribution in [3.05, 3.63) is 48.3 Å². The number of sulfonamides is 1. The van der Waals surface area contributed by atoms with Crippen LogP contribution in [0.3, 0.4) is 0 Å². The lowest BCUT2D eigenvalue weighted by Gasteiger charge is -2.09. The van der Waals surface area contributed by atoms with Gasteiger partial charge in [0.1, 0.15) is 5.82 Å². The predicted octanol–water partition coefficient (Wildman–Crippen LogP) is 2.93. The Kier molecular flexibility index (Phi) is 4.20. The van der Waals surface area contributed by atoms with Crippen LogP contribution in [0.1, 0.15) is 0 Å². The quantitative estimate of drug-likeness (QED) is 0.672. The minimum absolute atomic E-state index is 0.0586. The molecule has 0 spiro atoms. The van der Waals surface area contributed by atoms with Crippen molar-refractivity contribution in [1.82, 2.24) is 0 Å². The van der Waals surface area contributed by atoms with E-state index in [9.17, 15) is 12.8 Å². The van der Waals surface area contributed by atoms with E-state index in [1.165, 1.54) is 17.8 Å². The summed E-state index contributed by atoms with van der Waals surface area (Å²) >= 11 is 1.49. The van der Waals surface area contributed by atoms with Gasteiger partial charge in [0.25, 0.3) is 10.0 Å². The number of thioether (sulfide) groups is 1. The Morgan fingerprint density at radius 3 is 2.60 bits per heavy atom. The van der Waals surface area contributed by atoms with E-state index < -0.39 is 15.8 Å². The van der Waals surface area contributed by atoms with Crippen molar-refractivity contribution < 1.29 is 12.8 Å². The van der Waals surface area contributed by atoms with E-state index in [4.69, 9.17) is 5.73 Å². The third-order valence-electron chi connectivity index (χ3n) is 2.53. The van der Waals surface area contributed by atoms with E-state index in [0.29, 0.717) is 5.69 Å². The molecule has 0 unspecified atom stereocenters. The fraction of sp³-hybridized carbons (Fsp3) is 0.0769. The molecule has 106 valence electrons. The molecule has 0 aliphatic heterocycles. The molecule has 0 fully saturated rings. The molecule has 0 aromatic heterocycles. The van der Waals surface area contributed by atoms with Crippen molar-refractivity contribution in [2.24, 2.45) is 0 Å². The summed E-state index contributed by atoms with van der Waals surface area (Å²) in [6, 6.07) is 10.1. The van der Waals surface area contributed by atoms with Crippen molar-refractivity contribution in [2.45, 2.75) is 9.79 Å². The van der Waals surface area contributed by atoms with Crippen LogP contribution in [0.25, 0.3) is 0 Å². The normalized spacial score (nSPS) is 11.3. The molecule has 0 bridgehead atoms. The summed E-state index contributed by atoms with van der Waals surface area (Å²) in [5, 5.41) is 0. The van der Waals surface area contributed by atoms with Gasteiger partial charge < -0.3 is 5.73 Å². The number of hydrogen-bond donors (Lipinski definition) is 2. The Hall–Kier alpha value is -1.73. The van der Waals surface area contributed by atoms with Crippen LogP contribution in [0, 0.1) is 5.82 Å². The lowest BCUT2D eigenvalue weighted by atomic mass is 10.3. The number of hydrogen-bond acceptors (Lipinski definition) is 4. The number of benzene rings is 2. The van der Waals surface area contributed by atoms with E-state index in [0.717, 1.165) is 17.0 Å². The minimum Gasteiger partial charge on any atom is -0.399 e. The lowest BCUT2D eigenvalue weighted by molar-refractivity contribution is 0.595. The van der Waals surface area contributed by atoms with Crippen molar-refractivity contribution in [3.63, 3.8) is 0 Å². The molecule has 0 heterocycles. The molecule has 2 rings (SSSR count). The maximum Gasteiger partial charge on any atom is 0.262 e. The van der Waals surface area contributed by atoms with Crippen LogP contribution in [-0.2, 0) is 10.0 Å². The lowest BCUT2D eigenvalue weighted by Crippen LogP contribution is -2.13. The first kappa shape index (κ1) is 14.7. The van der Waals surface area contributed by atoms with Gasteiger partial charge in [0, 0.05) is 16.3 Å². The molecule has 4 nitrogen and oxygen atoms in total. The zero-order valence-electron chi connectivity index (χ0n) is 10.6. The predicted molar refractivity (Wildman–Crippen MR) is 79.8 cm³/mol. The average molecular weight is 312 g/mol. The molecule has 2 aromatic carbocycles. The van der Waals surface area contributed by atoms with E-state index in [1.54, 1.807) is 18.2 Å². The maximum atomic E-state index is 13.2. The maximum absolute atomic E-state index is 13.2. The Balaban J connectivity index is 2.35. The number of anilines is 2. The average Bonchev–Trinajstić information content (AvgIpc) is 2.37. The fourth-order valence-corrected chi connectivity index (χ4v) is 3.21. The van der Waals surface area contributed by atoms with Gasteiger partial charge in [-0.1, -0.05) is 6.07 Å². The Bertz CT molecular complexity index is 713. The van der Waals surface area contributed by atoms with Crippen LogP contribution in [-0.4, -0.2) is 14.7 Å². The second kappa shape index (κ2) is 5.72. The smallest absolute Gasteiger partial charge is 0.262 e. The Labute approximate surface area is 121 Å². The van der Waals surface area contributed by atoms with Crippen LogP contribution < -0.4 is 10.5 Å². The van der Waals surface area contributed by atoms with Gasteiger partial charge in [-0.25, -0.2) is 12.8 Å². The highest BCUT2D eigenvalue weighted by atomic mass is 32.2. The molecule has 0 amide bonds. The summed E-state index contributed by atoms with van der Waals surface area (Å²) in [7, 11) is -3.86. The van der Waals surface area contributed by atoms with Gasteiger partial charge in [0.05, 0.1) is 4.90 Å². The third kappa shape index (κ3) is 3.43. The zero-order chi connectivity index (χ0) is 14.8. The second-order valence-corrected chi connectivity index (χ2v) is 6.62. The monoisotopic (exact) mass is 312 g/mol. The van der Waals surface area contributed by atoms with Crippen LogP contribution >= 0.6 is 11.8 Å². The standard InChI is InChI=1S/C13H13FN2O2S2/c1-19-12-4-2-3-11(8-12)16-20(17,18)13-6-9(14)5-10(15)7-13/h2-8,16H,15H2,1H3. The van der Waals surface area contributed by atoms with E-state index in [1.807, 2.05) is 12.3 Å². The van der Waals surface area contributed by atoms with Crippen LogP contribution in [0.5, 0.6) is 0 Å². The minimum atomic E-state index is -3.86. The molecule has 0 saturated heterocycles. The number of rotatable bonds is 4. The molecule has 0 saturated carbocycles. The molecule has 20 heavy (non-hydrogen) atoms. The zero-order valence-corrected chi connectivity index (χ0v) is 12.3. The summed E-state index contributed by atoms with van der Waals surface area (Å²) in [5.41, 5.74) is 5.93. The van der Waals surface area contributed by atoms with Gasteiger partial charge in [-0.15, -0.1) is 11.8 Å². The first-order valence-electron chi connectivity index (χ1n) is 5.64. The van der Waals surface area contributed by atoms with Crippen molar-refractivity contribution in [3.8, 4) is 0 Å². The molecule has 0 aliphatic rings. The van der Waals surface area contributed by atoms with E-state index in [-0.39, 0.29) is 10.6 Å². The molecule has 0 atom stereocenters. The highest BCUT2D eigenvalue weighted by molar-refractivity contribution is 7.98. The van der Waals surface area contributed by atoms with Crippen molar-refractivity contribution in [2.75, 3.05) is 16.7 Å². The van der Waals surface area contributed by atoms with E-state index >= 15 is 0 Å². The van der Waals surface area contributed by atoms with Crippen molar-refractivity contribution in [1.29, 1.82) is 0 Å². The number of nitrogens with two attached hydrogens (primary N) is 1. The Morgan fingerprint density at radius 1 is 1.20 bits per heavy atom. The third-order valence-corrected chi connectivity index (χ3v) is 4.61. The van der Waals surface area contributed by atoms with E-state index in [2.05, 4.69) is 4.72 Å². The first-order valence-corrected chi connectivity index (χ1v) is 8.34. The molecule has 0 radical (unpaired) electrons. The van der Waals surface area contributed by atoms with Gasteiger partial charge in [0.2, 0.25) is 0 Å². The highest BCUT2D eigenvalue weighted by Crippen LogP contribution is 2.23. The van der Waals surface area contributed by atoms with Gasteiger partial charge in [0.15, 0.2) is 0 Å². The van der Waals surface area contributed by atoms with Crippen LogP contribution in [0.4, 0.5) is 15.8 Å². The van der Waals surface area contributed by atoms with Crippen LogP contribution in [0.2, 0.25) is 0 Å². The Morgan fingerprint density at radius 2 is 1.95 bits per heavy atom. The van der Waals surface area contributed by atoms with Gasteiger partial charge >= 0.3 is 0 Å². The summed E-state index contributed by atoms with van der Waals surface area (Å²) in [5.74, 6) is -0.691. The number of halogens is 1. The van der Waals surface area contributed by atoms with Crippen LogP contribution in [0.15, 0.2) is 52.3 Å². The molecule has 7 heteroatoms. The largest absolute Gasteiger partial charge is 0.399 e. The molecule has 0 aliphatic carbocycles. The summed E-state index contributed by atoms with van der Waals surface area (Å²) < 4.78 is 40.0. The molecule has 2 aromatic rings. The van der Waals surface area contributed by atoms with Gasteiger partial charge in [-0.2, -0.15) is 0 Å². The first-order chi connectivity index (χ1) is 9.40. The molecular formula is C13H13FN2O2S2. The van der Waals surface area contributed by atoms with Crippen molar-refractivity contribution >= 4 is 33.2 Å².